The van der Waals surface area contributed by atoms with E-state index in [0.29, 0.717) is 25.6 Å². The van der Waals surface area contributed by atoms with Crippen LogP contribution in [0.15, 0.2) is 6.20 Å². The van der Waals surface area contributed by atoms with Crippen LogP contribution in [0.4, 0.5) is 0 Å². The van der Waals surface area contributed by atoms with Crippen molar-refractivity contribution in [1.82, 2.24) is 20.4 Å². The predicted octanol–water partition coefficient (Wildman–Crippen LogP) is 0.757. The summed E-state index contributed by atoms with van der Waals surface area (Å²) in [7, 11) is 0. The topological polar surface area (TPSA) is 79.2 Å². The summed E-state index contributed by atoms with van der Waals surface area (Å²) in [5.41, 5.74) is 2.26. The third-order valence-corrected chi connectivity index (χ3v) is 3.81. The van der Waals surface area contributed by atoms with Gasteiger partial charge in [-0.05, 0) is 19.3 Å². The molecule has 21 heavy (non-hydrogen) atoms. The van der Waals surface area contributed by atoms with Gasteiger partial charge in [0.05, 0.1) is 25.4 Å². The zero-order chi connectivity index (χ0) is 15.2. The van der Waals surface area contributed by atoms with Crippen molar-refractivity contribution in [3.8, 4) is 0 Å². The number of carbonyl (C=O) groups is 1. The summed E-state index contributed by atoms with van der Waals surface area (Å²) in [5.74, 6) is 0.0795. The van der Waals surface area contributed by atoms with Gasteiger partial charge in [0.2, 0.25) is 5.91 Å². The highest BCUT2D eigenvalue weighted by atomic mass is 16.3. The molecule has 1 atom stereocenters. The zero-order valence-corrected chi connectivity index (χ0v) is 12.9. The van der Waals surface area contributed by atoms with Gasteiger partial charge in [-0.3, -0.25) is 9.48 Å². The van der Waals surface area contributed by atoms with Gasteiger partial charge >= 0.3 is 0 Å². The van der Waals surface area contributed by atoms with E-state index in [-0.39, 0.29) is 18.6 Å². The number of aromatic nitrogens is 2. The smallest absolute Gasteiger partial charge is 0.221 e. The highest BCUT2D eigenvalue weighted by Crippen LogP contribution is 2.29. The molecule has 0 aliphatic heterocycles. The molecule has 1 aromatic rings. The first-order chi connectivity index (χ1) is 10.1. The fourth-order valence-electron chi connectivity index (χ4n) is 2.80. The molecule has 0 saturated carbocycles. The number of amides is 1. The number of hydrogen-bond donors (Lipinski definition) is 3. The van der Waals surface area contributed by atoms with Crippen LogP contribution in [0.2, 0.25) is 0 Å². The lowest BCUT2D eigenvalue weighted by atomic mass is 9.93. The SMILES string of the molecule is CC(C)NCCC(=O)NC1CCCc2c1cnn2CCO. The molecule has 118 valence electrons. The van der Waals surface area contributed by atoms with Crippen LogP contribution in [0.3, 0.4) is 0 Å². The monoisotopic (exact) mass is 294 g/mol. The van der Waals surface area contributed by atoms with Crippen molar-refractivity contribution in [3.05, 3.63) is 17.5 Å². The van der Waals surface area contributed by atoms with E-state index < -0.39 is 0 Å². The van der Waals surface area contributed by atoms with Crippen LogP contribution in [0, 0.1) is 0 Å². The van der Waals surface area contributed by atoms with Gasteiger partial charge in [-0.1, -0.05) is 13.8 Å². The van der Waals surface area contributed by atoms with Crippen molar-refractivity contribution < 1.29 is 9.90 Å². The van der Waals surface area contributed by atoms with Crippen molar-refractivity contribution in [2.45, 2.75) is 58.2 Å². The van der Waals surface area contributed by atoms with Crippen LogP contribution in [0.25, 0.3) is 0 Å². The molecular weight excluding hydrogens is 268 g/mol. The van der Waals surface area contributed by atoms with Gasteiger partial charge in [-0.2, -0.15) is 5.10 Å². The second-order valence-corrected chi connectivity index (χ2v) is 5.86. The average molecular weight is 294 g/mol. The van der Waals surface area contributed by atoms with E-state index in [1.54, 1.807) is 0 Å². The average Bonchev–Trinajstić information content (AvgIpc) is 2.83. The van der Waals surface area contributed by atoms with E-state index in [9.17, 15) is 4.79 Å². The van der Waals surface area contributed by atoms with Crippen LogP contribution >= 0.6 is 0 Å². The molecule has 6 heteroatoms. The quantitative estimate of drug-likeness (QED) is 0.693. The Kier molecular flexibility index (Phi) is 5.76. The Labute approximate surface area is 125 Å². The molecule has 2 rings (SSSR count). The zero-order valence-electron chi connectivity index (χ0n) is 12.9. The van der Waals surface area contributed by atoms with Crippen molar-refractivity contribution in [1.29, 1.82) is 0 Å². The van der Waals surface area contributed by atoms with Crippen molar-refractivity contribution in [2.24, 2.45) is 0 Å². The number of nitrogens with zero attached hydrogens (tertiary/aromatic N) is 2. The van der Waals surface area contributed by atoms with E-state index >= 15 is 0 Å². The molecule has 0 saturated heterocycles. The van der Waals surface area contributed by atoms with E-state index in [1.807, 2.05) is 10.9 Å². The number of aliphatic hydroxyl groups excluding tert-OH is 1. The van der Waals surface area contributed by atoms with Crippen LogP contribution in [-0.2, 0) is 17.8 Å². The van der Waals surface area contributed by atoms with Crippen molar-refractivity contribution in [2.75, 3.05) is 13.2 Å². The van der Waals surface area contributed by atoms with E-state index in [0.717, 1.165) is 30.5 Å². The Bertz CT molecular complexity index is 470. The van der Waals surface area contributed by atoms with Gasteiger partial charge in [-0.25, -0.2) is 0 Å². The standard InChI is InChI=1S/C15H26N4O2/c1-11(2)16-7-6-15(21)18-13-4-3-5-14-12(13)10-17-19(14)8-9-20/h10-11,13,16,20H,3-9H2,1-2H3,(H,18,21). The van der Waals surface area contributed by atoms with Gasteiger partial charge < -0.3 is 15.7 Å². The molecule has 0 radical (unpaired) electrons. The molecule has 1 unspecified atom stereocenters. The molecule has 1 aromatic heterocycles. The second-order valence-electron chi connectivity index (χ2n) is 5.86. The minimum atomic E-state index is 0.0627. The van der Waals surface area contributed by atoms with Gasteiger partial charge in [-0.15, -0.1) is 0 Å². The van der Waals surface area contributed by atoms with Gasteiger partial charge in [0, 0.05) is 30.3 Å². The first-order valence-corrected chi connectivity index (χ1v) is 7.80. The lowest BCUT2D eigenvalue weighted by Gasteiger charge is -2.24. The normalized spacial score (nSPS) is 17.8. The number of fused-ring (bicyclic) bond motifs is 1. The minimum absolute atomic E-state index is 0.0627. The maximum absolute atomic E-state index is 12.0. The van der Waals surface area contributed by atoms with Crippen LogP contribution in [0.5, 0.6) is 0 Å². The Morgan fingerprint density at radius 2 is 2.38 bits per heavy atom. The molecule has 3 N–H and O–H groups in total. The largest absolute Gasteiger partial charge is 0.394 e. The number of hydrogen-bond acceptors (Lipinski definition) is 4. The fraction of sp³-hybridized carbons (Fsp3) is 0.733. The second kappa shape index (κ2) is 7.56. The van der Waals surface area contributed by atoms with Gasteiger partial charge in [0.25, 0.3) is 0 Å². The lowest BCUT2D eigenvalue weighted by molar-refractivity contribution is -0.121. The molecule has 0 bridgehead atoms. The summed E-state index contributed by atoms with van der Waals surface area (Å²) in [5, 5.41) is 19.7. The molecule has 0 spiro atoms. The molecule has 0 fully saturated rings. The maximum Gasteiger partial charge on any atom is 0.221 e. The maximum atomic E-state index is 12.0. The van der Waals surface area contributed by atoms with E-state index in [2.05, 4.69) is 29.6 Å². The van der Waals surface area contributed by atoms with E-state index in [1.165, 1.54) is 0 Å². The number of carbonyl (C=O) groups excluding carboxylic acids is 1. The first kappa shape index (κ1) is 16.0. The Morgan fingerprint density at radius 3 is 3.10 bits per heavy atom. The Morgan fingerprint density at radius 1 is 1.57 bits per heavy atom. The fourth-order valence-corrected chi connectivity index (χ4v) is 2.80. The molecule has 1 aliphatic carbocycles. The van der Waals surface area contributed by atoms with Crippen LogP contribution in [-0.4, -0.2) is 40.0 Å². The summed E-state index contributed by atoms with van der Waals surface area (Å²) < 4.78 is 1.86. The lowest BCUT2D eigenvalue weighted by Crippen LogP contribution is -2.34. The minimum Gasteiger partial charge on any atom is -0.394 e. The summed E-state index contributed by atoms with van der Waals surface area (Å²) in [6.45, 7) is 5.45. The molecule has 1 aliphatic rings. The Balaban J connectivity index is 1.92. The summed E-state index contributed by atoms with van der Waals surface area (Å²) >= 11 is 0. The highest BCUT2D eigenvalue weighted by Gasteiger charge is 2.25. The summed E-state index contributed by atoms with van der Waals surface area (Å²) in [4.78, 5) is 12.0. The summed E-state index contributed by atoms with van der Waals surface area (Å²) in [6, 6.07) is 0.462. The molecule has 1 amide bonds. The number of rotatable bonds is 7. The van der Waals surface area contributed by atoms with Gasteiger partial charge in [0.15, 0.2) is 0 Å². The number of aliphatic hydroxyl groups is 1. The Hall–Kier alpha value is -1.40. The summed E-state index contributed by atoms with van der Waals surface area (Å²) in [6.07, 6.45) is 5.30. The highest BCUT2D eigenvalue weighted by molar-refractivity contribution is 5.76. The third kappa shape index (κ3) is 4.28. The first-order valence-electron chi connectivity index (χ1n) is 7.80. The molecule has 1 heterocycles. The van der Waals surface area contributed by atoms with Crippen molar-refractivity contribution in [3.63, 3.8) is 0 Å². The van der Waals surface area contributed by atoms with Crippen LogP contribution < -0.4 is 10.6 Å². The molecular formula is C15H26N4O2. The van der Waals surface area contributed by atoms with Crippen LogP contribution in [0.1, 0.15) is 50.4 Å². The predicted molar refractivity (Wildman–Crippen MR) is 80.9 cm³/mol. The molecule has 6 nitrogen and oxygen atoms in total. The third-order valence-electron chi connectivity index (χ3n) is 3.81. The van der Waals surface area contributed by atoms with Gasteiger partial charge in [0.1, 0.15) is 0 Å². The van der Waals surface area contributed by atoms with E-state index in [4.69, 9.17) is 5.11 Å². The molecule has 0 aromatic carbocycles. The number of nitrogens with one attached hydrogen (secondary N) is 2. The van der Waals surface area contributed by atoms with Crippen molar-refractivity contribution >= 4 is 5.91 Å².